The first kappa shape index (κ1) is 22.5. The Balaban J connectivity index is 2.54. The molecule has 144 valence electrons. The highest BCUT2D eigenvalue weighted by molar-refractivity contribution is 5.34. The summed E-state index contributed by atoms with van der Waals surface area (Å²) in [7, 11) is 0. The van der Waals surface area contributed by atoms with Gasteiger partial charge < -0.3 is 5.32 Å². The Hall–Kier alpha value is -2.53. The van der Waals surface area contributed by atoms with Gasteiger partial charge in [0, 0.05) is 18.7 Å². The summed E-state index contributed by atoms with van der Waals surface area (Å²) < 4.78 is 0. The van der Waals surface area contributed by atoms with Gasteiger partial charge in [-0.1, -0.05) is 56.9 Å². The van der Waals surface area contributed by atoms with E-state index in [1.165, 1.54) is 22.3 Å². The fourth-order valence-electron chi connectivity index (χ4n) is 3.36. The first-order valence-corrected chi connectivity index (χ1v) is 9.86. The van der Waals surface area contributed by atoms with E-state index in [1.54, 1.807) is 0 Å². The Kier molecular flexibility index (Phi) is 9.98. The second kappa shape index (κ2) is 12.0. The third-order valence-corrected chi connectivity index (χ3v) is 4.96. The zero-order valence-electron chi connectivity index (χ0n) is 17.4. The first-order valence-electron chi connectivity index (χ1n) is 9.86. The van der Waals surface area contributed by atoms with Gasteiger partial charge in [0.1, 0.15) is 0 Å². The maximum Gasteiger partial charge on any atom is 0.0991 e. The van der Waals surface area contributed by atoms with Gasteiger partial charge >= 0.3 is 0 Å². The monoisotopic (exact) mass is 362 g/mol. The van der Waals surface area contributed by atoms with Gasteiger partial charge in [0.05, 0.1) is 11.6 Å². The molecule has 27 heavy (non-hydrogen) atoms. The van der Waals surface area contributed by atoms with Crippen LogP contribution >= 0.6 is 0 Å². The molecular formula is C25H34N2. The van der Waals surface area contributed by atoms with Crippen molar-refractivity contribution in [1.82, 2.24) is 5.32 Å². The zero-order valence-corrected chi connectivity index (χ0v) is 17.4. The van der Waals surface area contributed by atoms with Crippen LogP contribution in [0, 0.1) is 11.3 Å². The second-order valence-electron chi connectivity index (χ2n) is 7.09. The van der Waals surface area contributed by atoms with Gasteiger partial charge in [-0.2, -0.15) is 5.26 Å². The van der Waals surface area contributed by atoms with Crippen LogP contribution in [0.25, 0.3) is 0 Å². The van der Waals surface area contributed by atoms with Crippen molar-refractivity contribution in [1.29, 1.82) is 5.26 Å². The van der Waals surface area contributed by atoms with E-state index in [9.17, 15) is 0 Å². The molecule has 0 fully saturated rings. The summed E-state index contributed by atoms with van der Waals surface area (Å²) in [5.41, 5.74) is 6.96. The minimum Gasteiger partial charge on any atom is -0.389 e. The fraction of sp³-hybridized carbons (Fsp3) is 0.400. The van der Waals surface area contributed by atoms with Crippen LogP contribution in [0.1, 0.15) is 70.4 Å². The molecule has 1 N–H and O–H groups in total. The SMILES string of the molecule is C=C/C(CC)=C(C)\C=C(\C)CC(=C)NCCC(CC)c1ccc(C#N)cc1. The summed E-state index contributed by atoms with van der Waals surface area (Å²) in [5, 5.41) is 12.4. The highest BCUT2D eigenvalue weighted by atomic mass is 14.9. The molecule has 0 bridgehead atoms. The van der Waals surface area contributed by atoms with Crippen molar-refractivity contribution in [3.05, 3.63) is 83.1 Å². The predicted octanol–water partition coefficient (Wildman–Crippen LogP) is 6.79. The number of allylic oxidation sites excluding steroid dienone is 5. The Morgan fingerprint density at radius 1 is 1.22 bits per heavy atom. The summed E-state index contributed by atoms with van der Waals surface area (Å²) in [6, 6.07) is 10.1. The Labute approximate surface area is 166 Å². The highest BCUT2D eigenvalue weighted by Crippen LogP contribution is 2.23. The molecular weight excluding hydrogens is 328 g/mol. The van der Waals surface area contributed by atoms with Crippen molar-refractivity contribution in [2.45, 2.75) is 59.3 Å². The zero-order chi connectivity index (χ0) is 20.2. The number of nitrogens with zero attached hydrogens (tertiary/aromatic N) is 1. The van der Waals surface area contributed by atoms with Gasteiger partial charge in [-0.3, -0.25) is 0 Å². The number of nitrogens with one attached hydrogen (secondary N) is 1. The van der Waals surface area contributed by atoms with E-state index >= 15 is 0 Å². The molecule has 0 spiro atoms. The van der Waals surface area contributed by atoms with E-state index in [0.29, 0.717) is 5.92 Å². The lowest BCUT2D eigenvalue weighted by atomic mass is 9.92. The lowest BCUT2D eigenvalue weighted by Gasteiger charge is -2.17. The molecule has 2 nitrogen and oxygen atoms in total. The lowest BCUT2D eigenvalue weighted by Crippen LogP contribution is -2.16. The van der Waals surface area contributed by atoms with Crippen LogP contribution in [0.2, 0.25) is 0 Å². The number of benzene rings is 1. The van der Waals surface area contributed by atoms with Crippen molar-refractivity contribution in [3.8, 4) is 6.07 Å². The van der Waals surface area contributed by atoms with Crippen molar-refractivity contribution in [2.75, 3.05) is 6.54 Å². The molecule has 0 saturated heterocycles. The van der Waals surface area contributed by atoms with Crippen LogP contribution < -0.4 is 5.32 Å². The molecule has 1 atom stereocenters. The number of hydrogen-bond donors (Lipinski definition) is 1. The fourth-order valence-corrected chi connectivity index (χ4v) is 3.36. The second-order valence-corrected chi connectivity index (χ2v) is 7.09. The molecule has 1 aromatic carbocycles. The molecule has 1 aromatic rings. The molecule has 0 aliphatic carbocycles. The largest absolute Gasteiger partial charge is 0.389 e. The summed E-state index contributed by atoms with van der Waals surface area (Å²) >= 11 is 0. The van der Waals surface area contributed by atoms with E-state index in [4.69, 9.17) is 5.26 Å². The smallest absolute Gasteiger partial charge is 0.0991 e. The lowest BCUT2D eigenvalue weighted by molar-refractivity contribution is 0.579. The molecule has 0 aliphatic heterocycles. The van der Waals surface area contributed by atoms with Crippen LogP contribution in [-0.4, -0.2) is 6.54 Å². The van der Waals surface area contributed by atoms with E-state index in [1.807, 2.05) is 18.2 Å². The minimum atomic E-state index is 0.500. The summed E-state index contributed by atoms with van der Waals surface area (Å²) in [6.07, 6.45) is 8.19. The third-order valence-electron chi connectivity index (χ3n) is 4.96. The topological polar surface area (TPSA) is 35.8 Å². The van der Waals surface area contributed by atoms with Crippen LogP contribution in [0.5, 0.6) is 0 Å². The van der Waals surface area contributed by atoms with E-state index < -0.39 is 0 Å². The van der Waals surface area contributed by atoms with Crippen molar-refractivity contribution in [2.24, 2.45) is 0 Å². The van der Waals surface area contributed by atoms with E-state index in [2.05, 4.69) is 70.4 Å². The Morgan fingerprint density at radius 2 is 1.89 bits per heavy atom. The Bertz CT molecular complexity index is 727. The minimum absolute atomic E-state index is 0.500. The molecule has 1 unspecified atom stereocenters. The predicted molar refractivity (Wildman–Crippen MR) is 118 cm³/mol. The standard InChI is InChI=1S/C25H34N2/c1-7-23(8-2)20(5)16-19(4)17-21(6)27-15-14-24(9-3)25-12-10-22(18-26)11-13-25/h7,10-13,16,24,27H,1,6,8-9,14-15,17H2,2-5H3/b19-16-,23-20+. The van der Waals surface area contributed by atoms with Crippen molar-refractivity contribution in [3.63, 3.8) is 0 Å². The number of nitriles is 1. The number of rotatable bonds is 11. The molecule has 0 saturated carbocycles. The van der Waals surface area contributed by atoms with Gasteiger partial charge in [0.25, 0.3) is 0 Å². The van der Waals surface area contributed by atoms with E-state index in [0.717, 1.165) is 43.5 Å². The van der Waals surface area contributed by atoms with Gasteiger partial charge in [0.15, 0.2) is 0 Å². The van der Waals surface area contributed by atoms with Crippen LogP contribution in [0.4, 0.5) is 0 Å². The molecule has 0 heterocycles. The van der Waals surface area contributed by atoms with Crippen LogP contribution in [0.15, 0.2) is 72.0 Å². The normalized spacial score (nSPS) is 13.4. The van der Waals surface area contributed by atoms with Gasteiger partial charge in [0.2, 0.25) is 0 Å². The molecule has 0 aliphatic rings. The van der Waals surface area contributed by atoms with Crippen LogP contribution in [-0.2, 0) is 0 Å². The summed E-state index contributed by atoms with van der Waals surface area (Å²) in [4.78, 5) is 0. The third kappa shape index (κ3) is 7.71. The molecule has 2 heteroatoms. The highest BCUT2D eigenvalue weighted by Gasteiger charge is 2.09. The van der Waals surface area contributed by atoms with Gasteiger partial charge in [-0.15, -0.1) is 0 Å². The van der Waals surface area contributed by atoms with Gasteiger partial charge in [-0.05, 0) is 67.9 Å². The maximum absolute atomic E-state index is 8.93. The molecule has 0 radical (unpaired) electrons. The maximum atomic E-state index is 8.93. The Morgan fingerprint density at radius 3 is 2.41 bits per heavy atom. The first-order chi connectivity index (χ1) is 12.9. The van der Waals surface area contributed by atoms with Crippen molar-refractivity contribution >= 4 is 0 Å². The molecule has 0 amide bonds. The quantitative estimate of drug-likeness (QED) is 0.440. The van der Waals surface area contributed by atoms with Gasteiger partial charge in [-0.25, -0.2) is 0 Å². The van der Waals surface area contributed by atoms with Crippen molar-refractivity contribution < 1.29 is 0 Å². The number of hydrogen-bond acceptors (Lipinski definition) is 2. The van der Waals surface area contributed by atoms with E-state index in [-0.39, 0.29) is 0 Å². The molecule has 1 rings (SSSR count). The average molecular weight is 363 g/mol. The average Bonchev–Trinajstić information content (AvgIpc) is 2.66. The summed E-state index contributed by atoms with van der Waals surface area (Å²) in [5.74, 6) is 0.500. The van der Waals surface area contributed by atoms with Crippen LogP contribution in [0.3, 0.4) is 0 Å². The summed E-state index contributed by atoms with van der Waals surface area (Å²) in [6.45, 7) is 17.6. The molecule has 0 aromatic heterocycles.